The molecule has 3 rings (SSSR count). The zero-order chi connectivity index (χ0) is 15.5. The maximum atomic E-state index is 12.1. The highest BCUT2D eigenvalue weighted by molar-refractivity contribution is 5.89. The maximum absolute atomic E-state index is 12.1. The summed E-state index contributed by atoms with van der Waals surface area (Å²) in [7, 11) is 1.39. The number of hydrogen-bond donors (Lipinski definition) is 0. The third-order valence-electron chi connectivity index (χ3n) is 3.92. The quantitative estimate of drug-likeness (QED) is 0.806. The number of nitrogens with zero attached hydrogens (tertiary/aromatic N) is 4. The first-order chi connectivity index (χ1) is 10.7. The van der Waals surface area contributed by atoms with E-state index < -0.39 is 0 Å². The van der Waals surface area contributed by atoms with Crippen LogP contribution in [-0.2, 0) is 17.7 Å². The highest BCUT2D eigenvalue weighted by atomic mass is 16.5. The van der Waals surface area contributed by atoms with E-state index in [0.29, 0.717) is 5.69 Å². The minimum absolute atomic E-state index is 0.385. The Hall–Kier alpha value is -2.21. The molecule has 0 N–H and O–H groups in total. The molecule has 1 aliphatic heterocycles. The first-order valence-electron chi connectivity index (χ1n) is 7.57. The molecular formula is C16H20N4O2. The summed E-state index contributed by atoms with van der Waals surface area (Å²) in [5, 5.41) is 4.48. The first kappa shape index (κ1) is 14.7. The van der Waals surface area contributed by atoms with Crippen molar-refractivity contribution in [3.05, 3.63) is 41.3 Å². The van der Waals surface area contributed by atoms with Gasteiger partial charge in [0, 0.05) is 31.3 Å². The molecule has 0 fully saturated rings. The van der Waals surface area contributed by atoms with E-state index in [1.54, 1.807) is 10.9 Å². The highest BCUT2D eigenvalue weighted by Crippen LogP contribution is 2.25. The van der Waals surface area contributed by atoms with Crippen LogP contribution in [0.2, 0.25) is 0 Å². The molecule has 2 aromatic heterocycles. The van der Waals surface area contributed by atoms with Crippen LogP contribution in [0.4, 0.5) is 0 Å². The number of methoxy groups -OCH3 is 1. The Morgan fingerprint density at radius 1 is 1.41 bits per heavy atom. The summed E-state index contributed by atoms with van der Waals surface area (Å²) in [4.78, 5) is 18.7. The van der Waals surface area contributed by atoms with Gasteiger partial charge in [-0.15, -0.1) is 0 Å². The molecule has 3 heterocycles. The topological polar surface area (TPSA) is 60.3 Å². The predicted molar refractivity (Wildman–Crippen MR) is 82.0 cm³/mol. The molecule has 0 saturated carbocycles. The Balaban J connectivity index is 2.05. The lowest BCUT2D eigenvalue weighted by Gasteiger charge is -2.26. The van der Waals surface area contributed by atoms with Crippen molar-refractivity contribution in [1.29, 1.82) is 0 Å². The van der Waals surface area contributed by atoms with Crippen LogP contribution in [0.3, 0.4) is 0 Å². The molecule has 0 aliphatic carbocycles. The molecule has 116 valence electrons. The predicted octanol–water partition coefficient (Wildman–Crippen LogP) is 1.82. The molecule has 0 spiro atoms. The molecule has 0 unspecified atom stereocenters. The van der Waals surface area contributed by atoms with Gasteiger partial charge < -0.3 is 4.74 Å². The van der Waals surface area contributed by atoms with Crippen LogP contribution in [-0.4, -0.2) is 45.8 Å². The lowest BCUT2D eigenvalue weighted by Crippen LogP contribution is -2.32. The van der Waals surface area contributed by atoms with Crippen LogP contribution < -0.4 is 0 Å². The van der Waals surface area contributed by atoms with Gasteiger partial charge in [0.1, 0.15) is 0 Å². The largest absolute Gasteiger partial charge is 0.464 e. The lowest BCUT2D eigenvalue weighted by atomic mass is 10.0. The number of fused-ring (bicyclic) bond motifs is 1. The Kier molecular flexibility index (Phi) is 4.20. The van der Waals surface area contributed by atoms with Gasteiger partial charge in [-0.3, -0.25) is 4.90 Å². The van der Waals surface area contributed by atoms with Gasteiger partial charge in [-0.25, -0.2) is 14.5 Å². The van der Waals surface area contributed by atoms with Crippen molar-refractivity contribution in [2.24, 2.45) is 0 Å². The second-order valence-corrected chi connectivity index (χ2v) is 5.39. The molecule has 0 atom stereocenters. The molecule has 0 saturated heterocycles. The molecule has 0 aromatic carbocycles. The molecular weight excluding hydrogens is 280 g/mol. The van der Waals surface area contributed by atoms with Gasteiger partial charge in [-0.1, -0.05) is 13.0 Å². The Morgan fingerprint density at radius 2 is 2.27 bits per heavy atom. The Bertz CT molecular complexity index is 666. The van der Waals surface area contributed by atoms with Crippen molar-refractivity contribution in [3.8, 4) is 5.82 Å². The normalized spacial score (nSPS) is 14.6. The SMILES string of the molecule is CCCN1CCc2c(c(C(=O)OC)nn2-c2ccccn2)C1. The van der Waals surface area contributed by atoms with Crippen LogP contribution in [0.1, 0.15) is 35.1 Å². The lowest BCUT2D eigenvalue weighted by molar-refractivity contribution is 0.0590. The van der Waals surface area contributed by atoms with E-state index in [-0.39, 0.29) is 5.97 Å². The van der Waals surface area contributed by atoms with Crippen LogP contribution in [0.15, 0.2) is 24.4 Å². The molecule has 0 radical (unpaired) electrons. The van der Waals surface area contributed by atoms with Crippen LogP contribution in [0.25, 0.3) is 5.82 Å². The van der Waals surface area contributed by atoms with E-state index in [9.17, 15) is 4.79 Å². The van der Waals surface area contributed by atoms with E-state index in [4.69, 9.17) is 4.74 Å². The summed E-state index contributed by atoms with van der Waals surface area (Å²) < 4.78 is 6.68. The fourth-order valence-corrected chi connectivity index (χ4v) is 2.91. The van der Waals surface area contributed by atoms with Crippen molar-refractivity contribution in [1.82, 2.24) is 19.7 Å². The van der Waals surface area contributed by atoms with Gasteiger partial charge >= 0.3 is 5.97 Å². The van der Waals surface area contributed by atoms with Gasteiger partial charge in [0.25, 0.3) is 0 Å². The first-order valence-corrected chi connectivity index (χ1v) is 7.57. The number of rotatable bonds is 4. The number of ether oxygens (including phenoxy) is 1. The van der Waals surface area contributed by atoms with Crippen LogP contribution in [0, 0.1) is 0 Å². The average Bonchev–Trinajstić information content (AvgIpc) is 2.94. The number of aromatic nitrogens is 3. The molecule has 6 heteroatoms. The summed E-state index contributed by atoms with van der Waals surface area (Å²) >= 11 is 0. The summed E-state index contributed by atoms with van der Waals surface area (Å²) in [5.41, 5.74) is 2.44. The molecule has 0 amide bonds. The second kappa shape index (κ2) is 6.27. The minimum Gasteiger partial charge on any atom is -0.464 e. The van der Waals surface area contributed by atoms with Gasteiger partial charge in [0.2, 0.25) is 0 Å². The van der Waals surface area contributed by atoms with E-state index in [1.165, 1.54) is 7.11 Å². The molecule has 22 heavy (non-hydrogen) atoms. The maximum Gasteiger partial charge on any atom is 0.358 e. The summed E-state index contributed by atoms with van der Waals surface area (Å²) in [5.74, 6) is 0.349. The number of hydrogen-bond acceptors (Lipinski definition) is 5. The van der Waals surface area contributed by atoms with Crippen molar-refractivity contribution in [2.75, 3.05) is 20.2 Å². The smallest absolute Gasteiger partial charge is 0.358 e. The number of carbonyl (C=O) groups excluding carboxylic acids is 1. The Labute approximate surface area is 129 Å². The second-order valence-electron chi connectivity index (χ2n) is 5.39. The highest BCUT2D eigenvalue weighted by Gasteiger charge is 2.29. The zero-order valence-corrected chi connectivity index (χ0v) is 13.0. The van der Waals surface area contributed by atoms with Crippen molar-refractivity contribution in [3.63, 3.8) is 0 Å². The van der Waals surface area contributed by atoms with E-state index in [0.717, 1.165) is 49.6 Å². The monoisotopic (exact) mass is 300 g/mol. The summed E-state index contributed by atoms with van der Waals surface area (Å²) in [6.45, 7) is 4.89. The fourth-order valence-electron chi connectivity index (χ4n) is 2.91. The molecule has 1 aliphatic rings. The zero-order valence-electron chi connectivity index (χ0n) is 13.0. The molecule has 6 nitrogen and oxygen atoms in total. The van der Waals surface area contributed by atoms with Gasteiger partial charge in [0.15, 0.2) is 11.5 Å². The third-order valence-corrected chi connectivity index (χ3v) is 3.92. The fraction of sp³-hybridized carbons (Fsp3) is 0.438. The van der Waals surface area contributed by atoms with Gasteiger partial charge in [-0.2, -0.15) is 5.10 Å². The van der Waals surface area contributed by atoms with Crippen molar-refractivity contribution >= 4 is 5.97 Å². The summed E-state index contributed by atoms with van der Waals surface area (Å²) in [6.07, 6.45) is 3.68. The van der Waals surface area contributed by atoms with Gasteiger partial charge in [-0.05, 0) is 25.1 Å². The van der Waals surface area contributed by atoms with Crippen molar-refractivity contribution in [2.45, 2.75) is 26.3 Å². The van der Waals surface area contributed by atoms with E-state index >= 15 is 0 Å². The van der Waals surface area contributed by atoms with Crippen LogP contribution in [0.5, 0.6) is 0 Å². The number of esters is 1. The number of carbonyl (C=O) groups is 1. The summed E-state index contributed by atoms with van der Waals surface area (Å²) in [6, 6.07) is 5.68. The third kappa shape index (κ3) is 2.62. The Morgan fingerprint density at radius 3 is 2.95 bits per heavy atom. The standard InChI is InChI=1S/C16H20N4O2/c1-3-9-19-10-7-13-12(11-19)15(16(21)22-2)18-20(13)14-6-4-5-8-17-14/h4-6,8H,3,7,9-11H2,1-2H3. The number of pyridine rings is 1. The minimum atomic E-state index is -0.385. The average molecular weight is 300 g/mol. The van der Waals surface area contributed by atoms with Crippen LogP contribution >= 0.6 is 0 Å². The van der Waals surface area contributed by atoms with Gasteiger partial charge in [0.05, 0.1) is 12.8 Å². The molecule has 2 aromatic rings. The van der Waals surface area contributed by atoms with E-state index in [1.807, 2.05) is 18.2 Å². The van der Waals surface area contributed by atoms with Crippen molar-refractivity contribution < 1.29 is 9.53 Å². The van der Waals surface area contributed by atoms with E-state index in [2.05, 4.69) is 21.9 Å². The molecule has 0 bridgehead atoms.